The van der Waals surface area contributed by atoms with Crippen LogP contribution in [0.3, 0.4) is 0 Å². The van der Waals surface area contributed by atoms with Crippen LogP contribution in [0.5, 0.6) is 0 Å². The van der Waals surface area contributed by atoms with Crippen molar-refractivity contribution in [1.29, 1.82) is 0 Å². The van der Waals surface area contributed by atoms with Gasteiger partial charge >= 0.3 is 0 Å². The molecular formula is C38H40FN3OS. The first-order chi connectivity index (χ1) is 21.2. The Morgan fingerprint density at radius 1 is 0.705 bits per heavy atom. The minimum Gasteiger partial charge on any atom is -0.333 e. The Balaban J connectivity index is 1.33. The largest absolute Gasteiger partial charge is 0.333 e. The van der Waals surface area contributed by atoms with Gasteiger partial charge in [-0.05, 0) is 51.8 Å². The third kappa shape index (κ3) is 8.94. The SMILES string of the molecule is CC(C)(C)c1ccc(CN(Cc2ccc(F)cc2)Cc2nc(C(=O)N(CCc3ccccc3)Cc3ccccc3)cs2)cc1. The van der Waals surface area contributed by atoms with Crippen molar-refractivity contribution >= 4 is 17.2 Å². The van der Waals surface area contributed by atoms with Crippen LogP contribution in [-0.2, 0) is 38.0 Å². The predicted molar refractivity (Wildman–Crippen MR) is 178 cm³/mol. The lowest BCUT2D eigenvalue weighted by Gasteiger charge is -2.23. The van der Waals surface area contributed by atoms with Crippen LogP contribution in [0.25, 0.3) is 0 Å². The Morgan fingerprint density at radius 3 is 1.84 bits per heavy atom. The average molecular weight is 606 g/mol. The van der Waals surface area contributed by atoms with Crippen molar-refractivity contribution in [2.45, 2.75) is 58.8 Å². The molecule has 0 radical (unpaired) electrons. The molecule has 1 amide bonds. The van der Waals surface area contributed by atoms with E-state index in [-0.39, 0.29) is 17.1 Å². The van der Waals surface area contributed by atoms with Crippen LogP contribution in [0.15, 0.2) is 115 Å². The quantitative estimate of drug-likeness (QED) is 0.143. The number of carbonyl (C=O) groups excluding carboxylic acids is 1. The molecule has 0 saturated heterocycles. The molecule has 5 rings (SSSR count). The summed E-state index contributed by atoms with van der Waals surface area (Å²) in [5.41, 5.74) is 6.37. The van der Waals surface area contributed by atoms with Crippen molar-refractivity contribution < 1.29 is 9.18 Å². The molecule has 0 aliphatic heterocycles. The number of benzene rings is 4. The summed E-state index contributed by atoms with van der Waals surface area (Å²) in [7, 11) is 0. The topological polar surface area (TPSA) is 36.4 Å². The van der Waals surface area contributed by atoms with E-state index in [2.05, 4.69) is 74.2 Å². The van der Waals surface area contributed by atoms with Crippen LogP contribution in [0.4, 0.5) is 4.39 Å². The van der Waals surface area contributed by atoms with Gasteiger partial charge in [0.1, 0.15) is 16.5 Å². The van der Waals surface area contributed by atoms with Crippen LogP contribution in [-0.4, -0.2) is 27.2 Å². The van der Waals surface area contributed by atoms with Crippen molar-refractivity contribution in [2.24, 2.45) is 0 Å². The highest BCUT2D eigenvalue weighted by Gasteiger charge is 2.21. The number of hydrogen-bond donors (Lipinski definition) is 0. The summed E-state index contributed by atoms with van der Waals surface area (Å²) in [5, 5.41) is 2.76. The maximum atomic E-state index is 13.8. The van der Waals surface area contributed by atoms with Crippen molar-refractivity contribution in [3.8, 4) is 0 Å². The molecule has 4 aromatic carbocycles. The van der Waals surface area contributed by atoms with E-state index in [4.69, 9.17) is 4.98 Å². The van der Waals surface area contributed by atoms with Gasteiger partial charge in [0.25, 0.3) is 5.91 Å². The molecule has 0 spiro atoms. The first kappa shape index (κ1) is 31.3. The van der Waals surface area contributed by atoms with Gasteiger partial charge in [-0.15, -0.1) is 11.3 Å². The van der Waals surface area contributed by atoms with Gasteiger partial charge in [-0.25, -0.2) is 9.37 Å². The van der Waals surface area contributed by atoms with Gasteiger partial charge in [0.2, 0.25) is 0 Å². The lowest BCUT2D eigenvalue weighted by atomic mass is 9.87. The highest BCUT2D eigenvalue weighted by Crippen LogP contribution is 2.24. The molecule has 44 heavy (non-hydrogen) atoms. The van der Waals surface area contributed by atoms with Gasteiger partial charge in [-0.1, -0.05) is 118 Å². The second-order valence-electron chi connectivity index (χ2n) is 12.3. The van der Waals surface area contributed by atoms with E-state index >= 15 is 0 Å². The third-order valence-corrected chi connectivity index (χ3v) is 8.53. The monoisotopic (exact) mass is 605 g/mol. The zero-order valence-electron chi connectivity index (χ0n) is 25.7. The normalized spacial score (nSPS) is 11.6. The van der Waals surface area contributed by atoms with Gasteiger partial charge < -0.3 is 4.90 Å². The summed E-state index contributed by atoms with van der Waals surface area (Å²) in [6.45, 7) is 9.71. The number of amides is 1. The molecule has 0 bridgehead atoms. The molecule has 0 aliphatic rings. The number of thiazole rings is 1. The molecule has 0 aliphatic carbocycles. The number of rotatable bonds is 12. The van der Waals surface area contributed by atoms with Crippen molar-refractivity contribution in [2.75, 3.05) is 6.54 Å². The summed E-state index contributed by atoms with van der Waals surface area (Å²) in [6, 6.07) is 35.8. The zero-order valence-corrected chi connectivity index (χ0v) is 26.6. The van der Waals surface area contributed by atoms with E-state index in [9.17, 15) is 9.18 Å². The zero-order chi connectivity index (χ0) is 30.9. The predicted octanol–water partition coefficient (Wildman–Crippen LogP) is 8.67. The molecule has 0 N–H and O–H groups in total. The van der Waals surface area contributed by atoms with E-state index < -0.39 is 0 Å². The van der Waals surface area contributed by atoms with E-state index in [0.29, 0.717) is 38.4 Å². The van der Waals surface area contributed by atoms with Crippen LogP contribution >= 0.6 is 11.3 Å². The third-order valence-electron chi connectivity index (χ3n) is 7.69. The molecule has 1 heterocycles. The van der Waals surface area contributed by atoms with Crippen LogP contribution < -0.4 is 0 Å². The van der Waals surface area contributed by atoms with Gasteiger partial charge in [0.15, 0.2) is 0 Å². The fourth-order valence-corrected chi connectivity index (χ4v) is 5.99. The Bertz CT molecular complexity index is 1610. The summed E-state index contributed by atoms with van der Waals surface area (Å²) < 4.78 is 13.6. The Labute approximate surface area is 264 Å². The standard InChI is InChI=1S/C38H40FN3OS/c1-38(2,3)33-18-14-31(15-19-33)24-41(25-32-16-20-34(39)21-17-32)27-36-40-35(28-44-36)37(43)42(26-30-12-8-5-9-13-30)23-22-29-10-6-4-7-11-29/h4-21,28H,22-27H2,1-3H3. The maximum Gasteiger partial charge on any atom is 0.273 e. The summed E-state index contributed by atoms with van der Waals surface area (Å²) >= 11 is 1.51. The van der Waals surface area contributed by atoms with E-state index in [1.165, 1.54) is 40.2 Å². The lowest BCUT2D eigenvalue weighted by molar-refractivity contribution is 0.0739. The van der Waals surface area contributed by atoms with Crippen molar-refractivity contribution in [3.63, 3.8) is 0 Å². The summed E-state index contributed by atoms with van der Waals surface area (Å²) in [6.07, 6.45) is 0.774. The Kier molecular flexibility index (Phi) is 10.4. The van der Waals surface area contributed by atoms with Crippen molar-refractivity contribution in [3.05, 3.63) is 159 Å². The van der Waals surface area contributed by atoms with Crippen LogP contribution in [0.1, 0.15) is 64.1 Å². The Hall–Kier alpha value is -4.13. The van der Waals surface area contributed by atoms with Gasteiger partial charge in [-0.3, -0.25) is 9.69 Å². The molecule has 0 fully saturated rings. The van der Waals surface area contributed by atoms with Gasteiger partial charge in [0.05, 0.1) is 6.54 Å². The molecule has 0 saturated carbocycles. The number of nitrogens with zero attached hydrogens (tertiary/aromatic N) is 3. The number of carbonyl (C=O) groups is 1. The molecule has 1 aromatic heterocycles. The van der Waals surface area contributed by atoms with Gasteiger partial charge in [-0.2, -0.15) is 0 Å². The smallest absolute Gasteiger partial charge is 0.273 e. The highest BCUT2D eigenvalue weighted by molar-refractivity contribution is 7.09. The van der Waals surface area contributed by atoms with E-state index in [1.54, 1.807) is 0 Å². The van der Waals surface area contributed by atoms with Crippen LogP contribution in [0, 0.1) is 5.82 Å². The molecule has 0 atom stereocenters. The highest BCUT2D eigenvalue weighted by atomic mass is 32.1. The molecular weight excluding hydrogens is 566 g/mol. The minimum atomic E-state index is -0.242. The summed E-state index contributed by atoms with van der Waals surface area (Å²) in [4.78, 5) is 22.8. The number of hydrogen-bond acceptors (Lipinski definition) is 4. The minimum absolute atomic E-state index is 0.0601. The molecule has 226 valence electrons. The second-order valence-corrected chi connectivity index (χ2v) is 13.2. The first-order valence-electron chi connectivity index (χ1n) is 15.1. The van der Waals surface area contributed by atoms with Crippen molar-refractivity contribution in [1.82, 2.24) is 14.8 Å². The second kappa shape index (κ2) is 14.6. The average Bonchev–Trinajstić information content (AvgIpc) is 3.49. The first-order valence-corrected chi connectivity index (χ1v) is 16.0. The molecule has 6 heteroatoms. The molecule has 5 aromatic rings. The number of aromatic nitrogens is 1. The number of halogens is 1. The Morgan fingerprint density at radius 2 is 1.25 bits per heavy atom. The molecule has 0 unspecified atom stereocenters. The van der Waals surface area contributed by atoms with Gasteiger partial charge in [0, 0.05) is 31.6 Å². The van der Waals surface area contributed by atoms with E-state index in [1.807, 2.05) is 58.8 Å². The fraction of sp³-hybridized carbons (Fsp3) is 0.263. The maximum absolute atomic E-state index is 13.8. The van der Waals surface area contributed by atoms with E-state index in [0.717, 1.165) is 22.6 Å². The van der Waals surface area contributed by atoms with Crippen LogP contribution in [0.2, 0.25) is 0 Å². The lowest BCUT2D eigenvalue weighted by Crippen LogP contribution is -2.33. The molecule has 4 nitrogen and oxygen atoms in total. The summed E-state index contributed by atoms with van der Waals surface area (Å²) in [5.74, 6) is -0.302. The fourth-order valence-electron chi connectivity index (χ4n) is 5.18.